The largest absolute Gasteiger partial charge is 0.497 e. The quantitative estimate of drug-likeness (QED) is 0.518. The molecule has 0 amide bonds. The standard InChI is InChI=1S/C28H31FN2O2/c1-33-24-10-12-28-26(18-24)25(13-15-30-28)27(29)11-9-22-14-17-31(19-23(22)20-32)16-5-8-21-6-3-2-4-7-21/h2-4,6-7,10,12-13,15,18,22-23,27,32H,9,11,14,16-17,19-20H2,1H3/t22-,23-,27-/m1/s1. The first kappa shape index (κ1) is 23.2. The molecule has 1 aromatic heterocycles. The van der Waals surface area contributed by atoms with Crippen molar-refractivity contribution in [1.29, 1.82) is 0 Å². The number of alkyl halides is 1. The van der Waals surface area contributed by atoms with E-state index >= 15 is 4.39 Å². The number of nitrogens with zero attached hydrogens (tertiary/aromatic N) is 2. The van der Waals surface area contributed by atoms with Crippen LogP contribution in [0.2, 0.25) is 0 Å². The zero-order valence-corrected chi connectivity index (χ0v) is 19.1. The van der Waals surface area contributed by atoms with Gasteiger partial charge in [0.25, 0.3) is 0 Å². The Bertz CT molecular complexity index is 1110. The number of piperidine rings is 1. The van der Waals surface area contributed by atoms with Crippen molar-refractivity contribution in [3.8, 4) is 17.6 Å². The molecular weight excluding hydrogens is 415 g/mol. The summed E-state index contributed by atoms with van der Waals surface area (Å²) in [5.74, 6) is 7.61. The number of methoxy groups -OCH3 is 1. The Morgan fingerprint density at radius 2 is 2.03 bits per heavy atom. The highest BCUT2D eigenvalue weighted by Gasteiger charge is 2.29. The van der Waals surface area contributed by atoms with E-state index in [0.29, 0.717) is 30.2 Å². The molecule has 4 rings (SSSR count). The Labute approximate surface area is 195 Å². The molecular formula is C28H31FN2O2. The molecule has 3 aromatic rings. The van der Waals surface area contributed by atoms with Crippen molar-refractivity contribution >= 4 is 10.9 Å². The highest BCUT2D eigenvalue weighted by molar-refractivity contribution is 5.83. The van der Waals surface area contributed by atoms with Crippen molar-refractivity contribution in [3.05, 3.63) is 71.9 Å². The van der Waals surface area contributed by atoms with Gasteiger partial charge in [-0.15, -0.1) is 0 Å². The van der Waals surface area contributed by atoms with Gasteiger partial charge in [0.1, 0.15) is 11.9 Å². The number of aliphatic hydroxyl groups excluding tert-OH is 1. The van der Waals surface area contributed by atoms with Crippen LogP contribution in [0.5, 0.6) is 5.75 Å². The van der Waals surface area contributed by atoms with Crippen LogP contribution >= 0.6 is 0 Å². The van der Waals surface area contributed by atoms with Crippen LogP contribution in [0, 0.1) is 23.7 Å². The average Bonchev–Trinajstić information content (AvgIpc) is 2.87. The molecule has 2 aromatic carbocycles. The fourth-order valence-corrected chi connectivity index (χ4v) is 4.72. The number of halogens is 1. The maximum absolute atomic E-state index is 15.3. The summed E-state index contributed by atoms with van der Waals surface area (Å²) >= 11 is 0. The number of pyridine rings is 1. The number of rotatable bonds is 7. The van der Waals surface area contributed by atoms with Gasteiger partial charge in [0.15, 0.2) is 0 Å². The number of hydrogen-bond donors (Lipinski definition) is 1. The Balaban J connectivity index is 1.34. The second kappa shape index (κ2) is 11.3. The van der Waals surface area contributed by atoms with Crippen LogP contribution in [0.25, 0.3) is 10.9 Å². The van der Waals surface area contributed by atoms with E-state index in [1.165, 1.54) is 0 Å². The predicted octanol–water partition coefficient (Wildman–Crippen LogP) is 5.02. The maximum atomic E-state index is 15.3. The van der Waals surface area contributed by atoms with Gasteiger partial charge in [-0.05, 0) is 79.6 Å². The molecule has 0 spiro atoms. The molecule has 1 fully saturated rings. The number of aromatic nitrogens is 1. The first-order chi connectivity index (χ1) is 16.2. The SMILES string of the molecule is COc1ccc2nccc([C@H](F)CC[C@@H]3CCN(CC#Cc4ccccc4)C[C@@H]3CO)c2c1. The molecule has 172 valence electrons. The zero-order valence-electron chi connectivity index (χ0n) is 19.1. The van der Waals surface area contributed by atoms with Crippen molar-refractivity contribution in [1.82, 2.24) is 9.88 Å². The van der Waals surface area contributed by atoms with Gasteiger partial charge in [0, 0.05) is 30.3 Å². The van der Waals surface area contributed by atoms with E-state index in [-0.39, 0.29) is 12.5 Å². The highest BCUT2D eigenvalue weighted by atomic mass is 19.1. The van der Waals surface area contributed by atoms with Crippen molar-refractivity contribution in [2.24, 2.45) is 11.8 Å². The average molecular weight is 447 g/mol. The van der Waals surface area contributed by atoms with Crippen molar-refractivity contribution in [2.45, 2.75) is 25.4 Å². The van der Waals surface area contributed by atoms with E-state index in [2.05, 4.69) is 21.7 Å². The Morgan fingerprint density at radius 1 is 1.18 bits per heavy atom. The first-order valence-corrected chi connectivity index (χ1v) is 11.6. The lowest BCUT2D eigenvalue weighted by Crippen LogP contribution is -2.42. The van der Waals surface area contributed by atoms with Gasteiger partial charge in [0.2, 0.25) is 0 Å². The Morgan fingerprint density at radius 3 is 2.82 bits per heavy atom. The minimum absolute atomic E-state index is 0.125. The molecule has 5 heteroatoms. The van der Waals surface area contributed by atoms with Gasteiger partial charge in [-0.2, -0.15) is 0 Å². The van der Waals surface area contributed by atoms with Crippen LogP contribution in [0.15, 0.2) is 60.8 Å². The molecule has 1 N–H and O–H groups in total. The predicted molar refractivity (Wildman–Crippen MR) is 130 cm³/mol. The number of hydrogen-bond acceptors (Lipinski definition) is 4. The third-order valence-electron chi connectivity index (χ3n) is 6.63. The zero-order chi connectivity index (χ0) is 23.0. The van der Waals surface area contributed by atoms with Crippen LogP contribution in [0.3, 0.4) is 0 Å². The summed E-state index contributed by atoms with van der Waals surface area (Å²) in [6.45, 7) is 2.54. The van der Waals surface area contributed by atoms with E-state index in [4.69, 9.17) is 4.74 Å². The fourth-order valence-electron chi connectivity index (χ4n) is 4.72. The van der Waals surface area contributed by atoms with Gasteiger partial charge in [-0.3, -0.25) is 9.88 Å². The van der Waals surface area contributed by atoms with E-state index in [1.807, 2.05) is 48.5 Å². The minimum atomic E-state index is -1.07. The van der Waals surface area contributed by atoms with E-state index in [0.717, 1.165) is 42.4 Å². The highest BCUT2D eigenvalue weighted by Crippen LogP contribution is 2.35. The summed E-state index contributed by atoms with van der Waals surface area (Å²) in [5, 5.41) is 10.8. The second-order valence-corrected chi connectivity index (χ2v) is 8.72. The summed E-state index contributed by atoms with van der Waals surface area (Å²) in [6.07, 6.45) is 2.74. The third-order valence-corrected chi connectivity index (χ3v) is 6.63. The second-order valence-electron chi connectivity index (χ2n) is 8.72. The van der Waals surface area contributed by atoms with Crippen molar-refractivity contribution in [3.63, 3.8) is 0 Å². The van der Waals surface area contributed by atoms with Crippen LogP contribution in [-0.4, -0.2) is 48.3 Å². The molecule has 0 radical (unpaired) electrons. The van der Waals surface area contributed by atoms with Crippen LogP contribution in [0.1, 0.15) is 36.6 Å². The van der Waals surface area contributed by atoms with E-state index in [9.17, 15) is 5.11 Å². The summed E-state index contributed by atoms with van der Waals surface area (Å²) in [5.41, 5.74) is 2.45. The number of aliphatic hydroxyl groups is 1. The Hall–Kier alpha value is -2.94. The number of fused-ring (bicyclic) bond motifs is 1. The third kappa shape index (κ3) is 5.90. The van der Waals surface area contributed by atoms with Gasteiger partial charge >= 0.3 is 0 Å². The lowest BCUT2D eigenvalue weighted by molar-refractivity contribution is 0.0708. The summed E-state index contributed by atoms with van der Waals surface area (Å²) in [7, 11) is 1.61. The van der Waals surface area contributed by atoms with E-state index in [1.54, 1.807) is 19.4 Å². The van der Waals surface area contributed by atoms with Gasteiger partial charge in [-0.1, -0.05) is 30.0 Å². The Kier molecular flexibility index (Phi) is 7.93. The smallest absolute Gasteiger partial charge is 0.126 e. The molecule has 1 aliphatic heterocycles. The molecule has 1 saturated heterocycles. The monoisotopic (exact) mass is 446 g/mol. The molecule has 0 unspecified atom stereocenters. The van der Waals surface area contributed by atoms with Crippen LogP contribution in [0.4, 0.5) is 4.39 Å². The molecule has 2 heterocycles. The van der Waals surface area contributed by atoms with Crippen molar-refractivity contribution < 1.29 is 14.2 Å². The number of benzene rings is 2. The molecule has 1 aliphatic rings. The molecule has 4 nitrogen and oxygen atoms in total. The maximum Gasteiger partial charge on any atom is 0.126 e. The molecule has 0 aliphatic carbocycles. The van der Waals surface area contributed by atoms with Gasteiger partial charge < -0.3 is 9.84 Å². The summed E-state index contributed by atoms with van der Waals surface area (Å²) < 4.78 is 20.6. The van der Waals surface area contributed by atoms with Gasteiger partial charge in [-0.25, -0.2) is 4.39 Å². The first-order valence-electron chi connectivity index (χ1n) is 11.6. The minimum Gasteiger partial charge on any atom is -0.497 e. The number of ether oxygens (including phenoxy) is 1. The molecule has 33 heavy (non-hydrogen) atoms. The van der Waals surface area contributed by atoms with Crippen LogP contribution in [-0.2, 0) is 0 Å². The lowest BCUT2D eigenvalue weighted by atomic mass is 9.81. The molecule has 0 bridgehead atoms. The topological polar surface area (TPSA) is 45.6 Å². The number of likely N-dealkylation sites (tertiary alicyclic amines) is 1. The fraction of sp³-hybridized carbons (Fsp3) is 0.393. The van der Waals surface area contributed by atoms with E-state index < -0.39 is 6.17 Å². The van der Waals surface area contributed by atoms with Crippen molar-refractivity contribution in [2.75, 3.05) is 33.4 Å². The molecule has 3 atom stereocenters. The summed E-state index contributed by atoms with van der Waals surface area (Å²) in [6, 6.07) is 17.3. The molecule has 0 saturated carbocycles. The van der Waals surface area contributed by atoms with Gasteiger partial charge in [0.05, 0.1) is 19.2 Å². The lowest BCUT2D eigenvalue weighted by Gasteiger charge is -2.37. The summed E-state index contributed by atoms with van der Waals surface area (Å²) in [4.78, 5) is 6.65. The van der Waals surface area contributed by atoms with Crippen LogP contribution < -0.4 is 4.74 Å². The normalized spacial score (nSPS) is 19.6.